The summed E-state index contributed by atoms with van der Waals surface area (Å²) in [4.78, 5) is 4.90. The van der Waals surface area contributed by atoms with Crippen LogP contribution in [-0.4, -0.2) is 18.7 Å². The van der Waals surface area contributed by atoms with Crippen molar-refractivity contribution in [2.45, 2.75) is 65.7 Å². The Kier molecular flexibility index (Phi) is 9.20. The lowest BCUT2D eigenvalue weighted by Crippen LogP contribution is -2.31. The number of imidazole rings is 1. The second-order valence-corrected chi connectivity index (χ2v) is 21.6. The van der Waals surface area contributed by atoms with Crippen LogP contribution < -0.4 is 9.30 Å². The van der Waals surface area contributed by atoms with Crippen LogP contribution in [0, 0.1) is 6.33 Å². The van der Waals surface area contributed by atoms with E-state index in [1.165, 1.54) is 11.1 Å². The van der Waals surface area contributed by atoms with Crippen LogP contribution in [-0.2, 0) is 17.3 Å². The van der Waals surface area contributed by atoms with E-state index in [0.717, 1.165) is 67.5 Å². The zero-order chi connectivity index (χ0) is 58.8. The van der Waals surface area contributed by atoms with Crippen molar-refractivity contribution >= 4 is 54.6 Å². The lowest BCUT2D eigenvalue weighted by atomic mass is 9.78. The van der Waals surface area contributed by atoms with Gasteiger partial charge in [-0.25, -0.2) is 4.98 Å². The molecule has 0 fully saturated rings. The van der Waals surface area contributed by atoms with E-state index in [1.54, 1.807) is 16.8 Å². The summed E-state index contributed by atoms with van der Waals surface area (Å²) in [6.45, 7) is 15.7. The van der Waals surface area contributed by atoms with Gasteiger partial charge in [0.1, 0.15) is 17.3 Å². The third-order valence-corrected chi connectivity index (χ3v) is 14.6. The number of pyridine rings is 1. The van der Waals surface area contributed by atoms with E-state index in [-0.39, 0.29) is 32.6 Å². The van der Waals surface area contributed by atoms with E-state index in [1.807, 2.05) is 89.5 Å². The van der Waals surface area contributed by atoms with Gasteiger partial charge >= 0.3 is 0 Å². The van der Waals surface area contributed by atoms with Gasteiger partial charge in [-0.05, 0) is 105 Å². The van der Waals surface area contributed by atoms with Gasteiger partial charge in [-0.15, -0.1) is 0 Å². The highest BCUT2D eigenvalue weighted by atomic mass is 16.5. The fourth-order valence-electron chi connectivity index (χ4n) is 10.8. The van der Waals surface area contributed by atoms with E-state index in [4.69, 9.17) is 15.2 Å². The van der Waals surface area contributed by atoms with Gasteiger partial charge in [0.25, 0.3) is 6.33 Å². The summed E-state index contributed by atoms with van der Waals surface area (Å²) in [7, 11) is 0. The Morgan fingerprint density at radius 1 is 0.539 bits per heavy atom. The van der Waals surface area contributed by atoms with Crippen LogP contribution in [0.3, 0.4) is 0 Å². The monoisotopic (exact) mass is 994 g/mol. The predicted molar refractivity (Wildman–Crippen MR) is 314 cm³/mol. The number of aromatic nitrogens is 5. The highest BCUT2D eigenvalue weighted by Crippen LogP contribution is 2.44. The first kappa shape index (κ1) is 38.6. The molecule has 9 aromatic carbocycles. The van der Waals surface area contributed by atoms with Crippen LogP contribution in [0.2, 0.25) is 0 Å². The van der Waals surface area contributed by atoms with Crippen LogP contribution >= 0.6 is 0 Å². The zero-order valence-corrected chi connectivity index (χ0v) is 43.5. The molecule has 6 heteroatoms. The third-order valence-electron chi connectivity index (χ3n) is 14.6. The number of benzene rings is 9. The fourth-order valence-corrected chi connectivity index (χ4v) is 10.8. The molecule has 0 N–H and O–H groups in total. The highest BCUT2D eigenvalue weighted by Gasteiger charge is 2.26. The van der Waals surface area contributed by atoms with E-state index >= 15 is 0 Å². The zero-order valence-electron chi connectivity index (χ0n) is 51.5. The third kappa shape index (κ3) is 7.95. The number of nitrogens with zero attached hydrogens (tertiary/aromatic N) is 5. The van der Waals surface area contributed by atoms with Gasteiger partial charge in [0.05, 0.1) is 61.1 Å². The van der Waals surface area contributed by atoms with Gasteiger partial charge in [-0.2, -0.15) is 0 Å². The average Bonchev–Trinajstić information content (AvgIpc) is 1.60. The number of para-hydroxylation sites is 6. The maximum Gasteiger partial charge on any atom is 0.269 e. The summed E-state index contributed by atoms with van der Waals surface area (Å²) in [5.74, 6) is 1.44. The summed E-state index contributed by atoms with van der Waals surface area (Å²) < 4.78 is 87.9. The van der Waals surface area contributed by atoms with Crippen LogP contribution in [0.25, 0.3) is 99.8 Å². The van der Waals surface area contributed by atoms with Crippen molar-refractivity contribution < 1.29 is 20.3 Å². The Morgan fingerprint density at radius 2 is 1.18 bits per heavy atom. The quantitative estimate of drug-likeness (QED) is 0.107. The first-order chi connectivity index (χ1) is 40.2. The molecule has 0 unspecified atom stereocenters. The number of aryl methyl sites for hydroxylation is 1. The van der Waals surface area contributed by atoms with Gasteiger partial charge < -0.3 is 9.30 Å². The molecule has 0 amide bonds. The lowest BCUT2D eigenvalue weighted by molar-refractivity contribution is -0.571. The van der Waals surface area contributed by atoms with Crippen LogP contribution in [0.5, 0.6) is 11.5 Å². The number of hydrogen-bond acceptors (Lipinski definition) is 2. The summed E-state index contributed by atoms with van der Waals surface area (Å²) in [5, 5.41) is 1.38. The molecule has 13 rings (SSSR count). The van der Waals surface area contributed by atoms with E-state index in [2.05, 4.69) is 137 Å². The minimum absolute atomic E-state index is 0.00302. The standard InChI is InChI=1S/C70H59N5O/c1-8-46-36-37-71-66(38-46)75-61-33-17-14-28-58(61)67-64(74-59-31-15-12-26-56(59)57-27-13-16-32-60(57)74)43-53(44-65(67)75)76-52-25-20-24-51(42-52)72-45-73(63-35-19-18-34-62(63)72)68-54(47-22-10-9-11-23-47)29-21-30-55(68)48-39-49(69(2,3)4)41-50(40-48)70(5,6)7/h9-44H,8H2,1-7H3/i12D,13D,15D,16D,26D,27D,31D,32D. The first-order valence-electron chi connectivity index (χ1n) is 29.9. The average molecular weight is 994 g/mol. The van der Waals surface area contributed by atoms with Crippen LogP contribution in [0.15, 0.2) is 218 Å². The van der Waals surface area contributed by atoms with Crippen LogP contribution in [0.1, 0.15) is 76.1 Å². The fraction of sp³-hybridized carbons (Fsp3) is 0.143. The topological polar surface area (TPSA) is 40.8 Å². The Balaban J connectivity index is 1.05. The van der Waals surface area contributed by atoms with Crippen molar-refractivity contribution in [3.05, 3.63) is 241 Å². The maximum absolute atomic E-state index is 9.50. The molecular formula is C70H59N5O. The molecule has 0 saturated heterocycles. The van der Waals surface area contributed by atoms with E-state index < -0.39 is 48.3 Å². The van der Waals surface area contributed by atoms with Gasteiger partial charge in [-0.3, -0.25) is 13.7 Å². The Bertz CT molecular complexity index is 4760. The summed E-state index contributed by atoms with van der Waals surface area (Å²) in [6.07, 6.45) is 6.37. The molecule has 0 aliphatic carbocycles. The molecule has 0 spiro atoms. The van der Waals surface area contributed by atoms with Crippen molar-refractivity contribution in [3.63, 3.8) is 0 Å². The molecule has 0 atom stereocenters. The molecule has 0 bridgehead atoms. The van der Waals surface area contributed by atoms with Crippen molar-refractivity contribution in [2.75, 3.05) is 0 Å². The second-order valence-electron chi connectivity index (χ2n) is 21.6. The van der Waals surface area contributed by atoms with E-state index in [0.29, 0.717) is 33.9 Å². The van der Waals surface area contributed by atoms with Gasteiger partial charge in [-0.1, -0.05) is 200 Å². The first-order valence-corrected chi connectivity index (χ1v) is 25.9. The second kappa shape index (κ2) is 18.1. The lowest BCUT2D eigenvalue weighted by Gasteiger charge is -2.27. The number of fused-ring (bicyclic) bond motifs is 7. The Hall–Kier alpha value is -9.00. The SMILES string of the molecule is [2H]c1c([2H])c([2H])c2c(c1[2H])c1c([2H])c([2H])c([2H])c([2H])c1n2-c1cc(Oc2cccc(-n3[c-][n+](-c4c(-c5ccccc5)cccc4-c4cc(C(C)(C)C)cc(C(C)(C)C)c4)c4ccccc43)c2)cc2c1c1ccccc1n2-c1cc(CC)ccn1. The molecule has 13 aromatic rings. The highest BCUT2D eigenvalue weighted by molar-refractivity contribution is 6.16. The van der Waals surface area contributed by atoms with Crippen molar-refractivity contribution in [1.29, 1.82) is 0 Å². The summed E-state index contributed by atoms with van der Waals surface area (Å²) >= 11 is 0. The number of rotatable bonds is 9. The van der Waals surface area contributed by atoms with Crippen molar-refractivity contribution in [2.24, 2.45) is 0 Å². The molecule has 76 heavy (non-hydrogen) atoms. The van der Waals surface area contributed by atoms with Crippen molar-refractivity contribution in [3.8, 4) is 56.6 Å². The van der Waals surface area contributed by atoms with Crippen molar-refractivity contribution in [1.82, 2.24) is 18.7 Å². The molecule has 0 aliphatic rings. The van der Waals surface area contributed by atoms with Gasteiger partial charge in [0, 0.05) is 39.9 Å². The van der Waals surface area contributed by atoms with E-state index in [9.17, 15) is 5.48 Å². The summed E-state index contributed by atoms with van der Waals surface area (Å²) in [6, 6.07) is 52.0. The Morgan fingerprint density at radius 3 is 1.89 bits per heavy atom. The molecular weight excluding hydrogens is 927 g/mol. The van der Waals surface area contributed by atoms with Crippen LogP contribution in [0.4, 0.5) is 0 Å². The minimum atomic E-state index is -0.515. The van der Waals surface area contributed by atoms with Gasteiger partial charge in [0.15, 0.2) is 0 Å². The Labute approximate surface area is 455 Å². The number of ether oxygens (including phenoxy) is 1. The largest absolute Gasteiger partial charge is 0.458 e. The molecule has 370 valence electrons. The predicted octanol–water partition coefficient (Wildman–Crippen LogP) is 17.6. The molecule has 0 radical (unpaired) electrons. The summed E-state index contributed by atoms with van der Waals surface area (Å²) in [5.41, 5.74) is 13.0. The maximum atomic E-state index is 9.50. The molecule has 4 heterocycles. The van der Waals surface area contributed by atoms with Gasteiger partial charge in [0.2, 0.25) is 0 Å². The smallest absolute Gasteiger partial charge is 0.269 e. The normalized spacial score (nSPS) is 13.7. The molecule has 4 aromatic heterocycles. The minimum Gasteiger partial charge on any atom is -0.458 e. The molecule has 6 nitrogen and oxygen atoms in total. The number of hydrogen-bond donors (Lipinski definition) is 0. The molecule has 0 aliphatic heterocycles. The molecule has 0 saturated carbocycles.